The quantitative estimate of drug-likeness (QED) is 0.148. The van der Waals surface area contributed by atoms with Gasteiger partial charge in [0.05, 0.1) is 12.6 Å². The molecule has 244 valence electrons. The molecule has 3 unspecified atom stereocenters. The van der Waals surface area contributed by atoms with E-state index in [0.717, 1.165) is 25.9 Å². The Morgan fingerprint density at radius 1 is 1.05 bits per heavy atom. The number of ether oxygens (including phenoxy) is 4. The highest BCUT2D eigenvalue weighted by Crippen LogP contribution is 2.27. The van der Waals surface area contributed by atoms with Gasteiger partial charge in [-0.1, -0.05) is 12.1 Å². The third-order valence-corrected chi connectivity index (χ3v) is 6.79. The molecule has 0 aromatic heterocycles. The Kier molecular flexibility index (Phi) is 11.4. The number of rotatable bonds is 10. The first-order chi connectivity index (χ1) is 20.5. The number of carboxylic acid groups (broad SMARTS) is 1. The summed E-state index contributed by atoms with van der Waals surface area (Å²) in [5.74, 6) is -0.899. The first-order valence-corrected chi connectivity index (χ1v) is 14.7. The van der Waals surface area contributed by atoms with Crippen molar-refractivity contribution in [2.75, 3.05) is 26.2 Å². The summed E-state index contributed by atoms with van der Waals surface area (Å²) in [5, 5.41) is 26.4. The molecule has 0 radical (unpaired) electrons. The number of hydrogen-bond donors (Lipinski definition) is 5. The van der Waals surface area contributed by atoms with Gasteiger partial charge in [0.2, 0.25) is 0 Å². The SMILES string of the molecule is CC(C)(C)OC(=O)NC(=N)C(C1CCNCC1)N1CC(COc2ccc(CC(NC(=O)OC(C)(C)C)C(=O)O)cc2)OC1=O. The van der Waals surface area contributed by atoms with Gasteiger partial charge >= 0.3 is 24.2 Å². The van der Waals surface area contributed by atoms with Gasteiger partial charge in [-0.15, -0.1) is 0 Å². The van der Waals surface area contributed by atoms with E-state index in [-0.39, 0.29) is 31.3 Å². The van der Waals surface area contributed by atoms with E-state index in [4.69, 9.17) is 24.4 Å². The number of nitrogens with zero attached hydrogens (tertiary/aromatic N) is 1. The molecule has 3 rings (SSSR count). The van der Waals surface area contributed by atoms with Gasteiger partial charge in [0.15, 0.2) is 6.10 Å². The van der Waals surface area contributed by atoms with Crippen molar-refractivity contribution in [2.24, 2.45) is 5.92 Å². The minimum Gasteiger partial charge on any atom is -0.490 e. The average molecular weight is 620 g/mol. The smallest absolute Gasteiger partial charge is 0.413 e. The second kappa shape index (κ2) is 14.6. The minimum absolute atomic E-state index is 0.0332. The van der Waals surface area contributed by atoms with Crippen molar-refractivity contribution in [1.29, 1.82) is 5.41 Å². The number of amides is 3. The number of piperidine rings is 1. The van der Waals surface area contributed by atoms with E-state index < -0.39 is 53.6 Å². The minimum atomic E-state index is -1.19. The highest BCUT2D eigenvalue weighted by Gasteiger charge is 2.43. The van der Waals surface area contributed by atoms with E-state index in [1.165, 1.54) is 4.90 Å². The van der Waals surface area contributed by atoms with Crippen LogP contribution in [-0.2, 0) is 25.4 Å². The van der Waals surface area contributed by atoms with Crippen LogP contribution in [0.15, 0.2) is 24.3 Å². The molecule has 14 heteroatoms. The van der Waals surface area contributed by atoms with Crippen LogP contribution in [0.1, 0.15) is 59.9 Å². The van der Waals surface area contributed by atoms with Gasteiger partial charge in [-0.25, -0.2) is 19.2 Å². The number of carbonyl (C=O) groups excluding carboxylic acids is 3. The Bertz CT molecular complexity index is 1190. The van der Waals surface area contributed by atoms with Crippen molar-refractivity contribution in [3.8, 4) is 5.75 Å². The highest BCUT2D eigenvalue weighted by molar-refractivity contribution is 5.98. The third-order valence-electron chi connectivity index (χ3n) is 6.79. The molecular weight excluding hydrogens is 574 g/mol. The van der Waals surface area contributed by atoms with Crippen LogP contribution in [0.5, 0.6) is 5.75 Å². The molecule has 0 aliphatic carbocycles. The first kappa shape index (κ1) is 34.4. The van der Waals surface area contributed by atoms with Gasteiger partial charge in [-0.2, -0.15) is 0 Å². The van der Waals surface area contributed by atoms with Gasteiger partial charge in [-0.3, -0.25) is 15.6 Å². The number of carbonyl (C=O) groups is 4. The topological polar surface area (TPSA) is 189 Å². The number of alkyl carbamates (subject to hydrolysis) is 2. The van der Waals surface area contributed by atoms with Crippen LogP contribution in [-0.4, -0.2) is 95.7 Å². The van der Waals surface area contributed by atoms with Crippen LogP contribution in [0.25, 0.3) is 0 Å². The highest BCUT2D eigenvalue weighted by atomic mass is 16.6. The van der Waals surface area contributed by atoms with Gasteiger partial charge in [0.1, 0.15) is 35.4 Å². The average Bonchev–Trinajstić information content (AvgIpc) is 3.26. The van der Waals surface area contributed by atoms with E-state index in [9.17, 15) is 24.3 Å². The summed E-state index contributed by atoms with van der Waals surface area (Å²) in [7, 11) is 0. The van der Waals surface area contributed by atoms with E-state index in [1.54, 1.807) is 65.8 Å². The Labute approximate surface area is 257 Å². The maximum absolute atomic E-state index is 13.0. The molecule has 2 aliphatic rings. The van der Waals surface area contributed by atoms with Crippen molar-refractivity contribution in [3.05, 3.63) is 29.8 Å². The van der Waals surface area contributed by atoms with Crippen LogP contribution >= 0.6 is 0 Å². The molecule has 1 aromatic carbocycles. The largest absolute Gasteiger partial charge is 0.490 e. The van der Waals surface area contributed by atoms with Crippen molar-refractivity contribution in [3.63, 3.8) is 0 Å². The van der Waals surface area contributed by atoms with Crippen LogP contribution in [0.3, 0.4) is 0 Å². The zero-order valence-corrected chi connectivity index (χ0v) is 26.2. The molecule has 0 bridgehead atoms. The van der Waals surface area contributed by atoms with E-state index >= 15 is 0 Å². The predicted molar refractivity (Wildman–Crippen MR) is 160 cm³/mol. The zero-order chi connectivity index (χ0) is 32.7. The van der Waals surface area contributed by atoms with E-state index in [2.05, 4.69) is 16.0 Å². The molecule has 2 fully saturated rings. The summed E-state index contributed by atoms with van der Waals surface area (Å²) in [6.45, 7) is 11.9. The van der Waals surface area contributed by atoms with Crippen LogP contribution < -0.4 is 20.7 Å². The Morgan fingerprint density at radius 3 is 2.20 bits per heavy atom. The molecule has 2 saturated heterocycles. The van der Waals surface area contributed by atoms with Crippen LogP contribution in [0.2, 0.25) is 0 Å². The maximum atomic E-state index is 13.0. The lowest BCUT2D eigenvalue weighted by atomic mass is 9.88. The van der Waals surface area contributed by atoms with Crippen LogP contribution in [0, 0.1) is 11.3 Å². The molecule has 2 heterocycles. The van der Waals surface area contributed by atoms with Crippen molar-refractivity contribution in [2.45, 2.75) is 90.2 Å². The standard InChI is InChI=1S/C30H45N5O9/c1-29(2,3)43-26(38)33-22(25(36)37)15-18-7-9-20(10-8-18)41-17-21-16-35(28(40)42-21)23(19-11-13-32-14-12-19)24(31)34-27(39)44-30(4,5)6/h7-10,19,21-23,32H,11-17H2,1-6H3,(H,33,38)(H,36,37)(H2,31,34,39). The molecule has 2 aliphatic heterocycles. The molecular formula is C30H45N5O9. The number of amidine groups is 1. The number of cyclic esters (lactones) is 1. The fourth-order valence-corrected chi connectivity index (χ4v) is 4.95. The van der Waals surface area contributed by atoms with E-state index in [0.29, 0.717) is 11.3 Å². The number of benzene rings is 1. The Morgan fingerprint density at radius 2 is 1.64 bits per heavy atom. The lowest BCUT2D eigenvalue weighted by molar-refractivity contribution is -0.139. The fourth-order valence-electron chi connectivity index (χ4n) is 4.95. The summed E-state index contributed by atoms with van der Waals surface area (Å²) in [6.07, 6.45) is -1.31. The Hall–Kier alpha value is -4.07. The second-order valence-electron chi connectivity index (χ2n) is 12.9. The lowest BCUT2D eigenvalue weighted by Gasteiger charge is -2.35. The number of aliphatic carboxylic acids is 1. The summed E-state index contributed by atoms with van der Waals surface area (Å²) in [5.41, 5.74) is -0.847. The third kappa shape index (κ3) is 10.9. The molecule has 1 aromatic rings. The van der Waals surface area contributed by atoms with Crippen LogP contribution in [0.4, 0.5) is 14.4 Å². The molecule has 0 spiro atoms. The number of hydrogen-bond acceptors (Lipinski definition) is 10. The fraction of sp³-hybridized carbons (Fsp3) is 0.633. The van der Waals surface area contributed by atoms with Gasteiger partial charge < -0.3 is 34.7 Å². The number of carboxylic acids is 1. The summed E-state index contributed by atoms with van der Waals surface area (Å²) in [6, 6.07) is 4.82. The monoisotopic (exact) mass is 619 g/mol. The predicted octanol–water partition coefficient (Wildman–Crippen LogP) is 3.28. The normalized spacial score (nSPS) is 18.9. The second-order valence-corrected chi connectivity index (χ2v) is 12.9. The summed E-state index contributed by atoms with van der Waals surface area (Å²) >= 11 is 0. The summed E-state index contributed by atoms with van der Waals surface area (Å²) in [4.78, 5) is 50.6. The molecule has 0 saturated carbocycles. The summed E-state index contributed by atoms with van der Waals surface area (Å²) < 4.78 is 21.9. The van der Waals surface area contributed by atoms with Gasteiger partial charge in [-0.05, 0) is 91.1 Å². The molecule has 14 nitrogen and oxygen atoms in total. The molecule has 44 heavy (non-hydrogen) atoms. The van der Waals surface area contributed by atoms with Crippen molar-refractivity contribution >= 4 is 30.1 Å². The lowest BCUT2D eigenvalue weighted by Crippen LogP contribution is -2.55. The number of nitrogens with one attached hydrogen (secondary N) is 4. The zero-order valence-electron chi connectivity index (χ0n) is 26.2. The van der Waals surface area contributed by atoms with Crippen molar-refractivity contribution < 1.29 is 43.2 Å². The maximum Gasteiger partial charge on any atom is 0.413 e. The van der Waals surface area contributed by atoms with E-state index in [1.807, 2.05) is 0 Å². The molecule has 3 atom stereocenters. The first-order valence-electron chi connectivity index (χ1n) is 14.7. The van der Waals surface area contributed by atoms with Crippen molar-refractivity contribution in [1.82, 2.24) is 20.9 Å². The van der Waals surface area contributed by atoms with Gasteiger partial charge in [0.25, 0.3) is 0 Å². The molecule has 5 N–H and O–H groups in total. The molecule has 3 amide bonds. The van der Waals surface area contributed by atoms with Gasteiger partial charge in [0, 0.05) is 6.42 Å². The Balaban J connectivity index is 1.59.